The summed E-state index contributed by atoms with van der Waals surface area (Å²) in [5.74, 6) is 1.97. The van der Waals surface area contributed by atoms with Gasteiger partial charge in [0.05, 0.1) is 11.3 Å². The molecule has 1 heterocycles. The van der Waals surface area contributed by atoms with Gasteiger partial charge in [0.1, 0.15) is 6.04 Å². The molecule has 6 heteroatoms. The Bertz CT molecular complexity index is 845. The van der Waals surface area contributed by atoms with E-state index in [-0.39, 0.29) is 35.6 Å². The molecule has 160 valence electrons. The third-order valence-electron chi connectivity index (χ3n) is 8.09. The number of nitrogens with one attached hydrogen (secondary N) is 3. The van der Waals surface area contributed by atoms with Gasteiger partial charge in [0, 0.05) is 12.5 Å². The second-order valence-electron chi connectivity index (χ2n) is 10.2. The molecule has 4 saturated carbocycles. The fourth-order valence-corrected chi connectivity index (χ4v) is 6.96. The molecule has 30 heavy (non-hydrogen) atoms. The van der Waals surface area contributed by atoms with E-state index in [9.17, 15) is 14.4 Å². The van der Waals surface area contributed by atoms with Gasteiger partial charge in [-0.2, -0.15) is 0 Å². The minimum Gasteiger partial charge on any atom is -0.353 e. The average Bonchev–Trinajstić information content (AvgIpc) is 2.81. The van der Waals surface area contributed by atoms with Crippen LogP contribution in [0.25, 0.3) is 0 Å². The lowest BCUT2D eigenvalue weighted by Gasteiger charge is -2.59. The second kappa shape index (κ2) is 7.40. The zero-order chi connectivity index (χ0) is 20.9. The molecule has 5 aliphatic rings. The second-order valence-corrected chi connectivity index (χ2v) is 10.2. The molecule has 6 nitrogen and oxygen atoms in total. The van der Waals surface area contributed by atoms with Crippen molar-refractivity contribution in [3.63, 3.8) is 0 Å². The molecule has 4 aliphatic carbocycles. The van der Waals surface area contributed by atoms with E-state index in [1.165, 1.54) is 38.5 Å². The van der Waals surface area contributed by atoms with Crippen LogP contribution < -0.4 is 16.0 Å². The Morgan fingerprint density at radius 1 is 1.10 bits per heavy atom. The topological polar surface area (TPSA) is 87.3 Å². The summed E-state index contributed by atoms with van der Waals surface area (Å²) >= 11 is 0. The fraction of sp³-hybridized carbons (Fsp3) is 0.625. The number of hydrogen-bond acceptors (Lipinski definition) is 3. The minimum absolute atomic E-state index is 0.0259. The van der Waals surface area contributed by atoms with Gasteiger partial charge >= 0.3 is 0 Å². The monoisotopic (exact) mass is 409 g/mol. The van der Waals surface area contributed by atoms with Crippen LogP contribution >= 0.6 is 0 Å². The van der Waals surface area contributed by atoms with E-state index in [0.717, 1.165) is 17.8 Å². The molecular formula is C24H31N3O3. The van der Waals surface area contributed by atoms with E-state index < -0.39 is 6.04 Å². The van der Waals surface area contributed by atoms with Crippen molar-refractivity contribution in [1.82, 2.24) is 10.6 Å². The van der Waals surface area contributed by atoms with Crippen LogP contribution in [0.5, 0.6) is 0 Å². The van der Waals surface area contributed by atoms with Gasteiger partial charge in [-0.05, 0) is 87.2 Å². The highest BCUT2D eigenvalue weighted by Gasteiger charge is 2.53. The average molecular weight is 410 g/mol. The van der Waals surface area contributed by atoms with Crippen LogP contribution in [0.15, 0.2) is 24.3 Å². The van der Waals surface area contributed by atoms with E-state index in [1.54, 1.807) is 24.3 Å². The Labute approximate surface area is 177 Å². The van der Waals surface area contributed by atoms with E-state index in [1.807, 2.05) is 0 Å². The largest absolute Gasteiger partial charge is 0.353 e. The molecule has 1 aromatic rings. The molecule has 4 fully saturated rings. The van der Waals surface area contributed by atoms with Crippen molar-refractivity contribution < 1.29 is 14.4 Å². The summed E-state index contributed by atoms with van der Waals surface area (Å²) < 4.78 is 0. The number of carbonyl (C=O) groups excluding carboxylic acids is 3. The van der Waals surface area contributed by atoms with Crippen molar-refractivity contribution in [2.24, 2.45) is 23.2 Å². The van der Waals surface area contributed by atoms with E-state index in [0.29, 0.717) is 17.7 Å². The van der Waals surface area contributed by atoms with E-state index in [2.05, 4.69) is 22.9 Å². The molecular weight excluding hydrogens is 378 g/mol. The number of anilines is 1. The summed E-state index contributed by atoms with van der Waals surface area (Å²) in [5, 5.41) is 8.83. The first-order valence-electron chi connectivity index (χ1n) is 11.4. The van der Waals surface area contributed by atoms with Crippen molar-refractivity contribution in [1.29, 1.82) is 0 Å². The number of fused-ring (bicyclic) bond motifs is 1. The maximum Gasteiger partial charge on any atom is 0.254 e. The molecule has 6 rings (SSSR count). The lowest BCUT2D eigenvalue weighted by atomic mass is 9.48. The number of benzene rings is 1. The number of hydrogen-bond donors (Lipinski definition) is 3. The molecule has 0 saturated heterocycles. The highest BCUT2D eigenvalue weighted by Crippen LogP contribution is 2.61. The van der Waals surface area contributed by atoms with Crippen LogP contribution in [0.1, 0.15) is 68.6 Å². The van der Waals surface area contributed by atoms with Crippen LogP contribution in [0.4, 0.5) is 5.69 Å². The van der Waals surface area contributed by atoms with Crippen molar-refractivity contribution >= 4 is 23.4 Å². The minimum atomic E-state index is -0.703. The Balaban J connectivity index is 1.18. The maximum absolute atomic E-state index is 12.7. The molecule has 0 spiro atoms. The number of rotatable bonds is 5. The van der Waals surface area contributed by atoms with Gasteiger partial charge in [-0.25, -0.2) is 0 Å². The third-order valence-corrected chi connectivity index (χ3v) is 8.09. The Morgan fingerprint density at radius 2 is 1.73 bits per heavy atom. The summed E-state index contributed by atoms with van der Waals surface area (Å²) in [7, 11) is 0. The summed E-state index contributed by atoms with van der Waals surface area (Å²) in [6, 6.07) is 6.42. The predicted octanol–water partition coefficient (Wildman–Crippen LogP) is 3.24. The van der Waals surface area contributed by atoms with Gasteiger partial charge in [-0.1, -0.05) is 12.1 Å². The maximum atomic E-state index is 12.7. The molecule has 1 aromatic carbocycles. The number of carbonyl (C=O) groups is 3. The van der Waals surface area contributed by atoms with Gasteiger partial charge in [-0.3, -0.25) is 14.4 Å². The zero-order valence-corrected chi connectivity index (χ0v) is 17.6. The van der Waals surface area contributed by atoms with Crippen molar-refractivity contribution in [2.75, 3.05) is 5.32 Å². The molecule has 2 atom stereocenters. The van der Waals surface area contributed by atoms with Crippen LogP contribution in [0.3, 0.4) is 0 Å². The molecule has 3 amide bonds. The van der Waals surface area contributed by atoms with Crippen molar-refractivity contribution in [3.8, 4) is 0 Å². The highest BCUT2D eigenvalue weighted by atomic mass is 16.2. The lowest BCUT2D eigenvalue weighted by Crippen LogP contribution is -2.56. The van der Waals surface area contributed by atoms with Crippen LogP contribution in [0.2, 0.25) is 0 Å². The molecule has 3 N–H and O–H groups in total. The van der Waals surface area contributed by atoms with Crippen LogP contribution in [0, 0.1) is 23.2 Å². The van der Waals surface area contributed by atoms with E-state index >= 15 is 0 Å². The Morgan fingerprint density at radius 3 is 2.40 bits per heavy atom. The van der Waals surface area contributed by atoms with Gasteiger partial charge in [0.2, 0.25) is 11.8 Å². The molecule has 1 unspecified atom stereocenters. The predicted molar refractivity (Wildman–Crippen MR) is 114 cm³/mol. The first kappa shape index (κ1) is 19.6. The number of amides is 3. The molecule has 0 aromatic heterocycles. The first-order chi connectivity index (χ1) is 14.4. The molecule has 4 bridgehead atoms. The van der Waals surface area contributed by atoms with Gasteiger partial charge in [-0.15, -0.1) is 0 Å². The van der Waals surface area contributed by atoms with Gasteiger partial charge in [0.25, 0.3) is 5.91 Å². The van der Waals surface area contributed by atoms with Crippen LogP contribution in [-0.2, 0) is 9.59 Å². The first-order valence-corrected chi connectivity index (χ1v) is 11.4. The summed E-state index contributed by atoms with van der Waals surface area (Å²) in [6.45, 7) is 2.17. The van der Waals surface area contributed by atoms with Crippen LogP contribution in [-0.4, -0.2) is 29.8 Å². The third kappa shape index (κ3) is 3.50. The Kier molecular flexibility index (Phi) is 4.83. The fourth-order valence-electron chi connectivity index (χ4n) is 6.96. The normalized spacial score (nSPS) is 35.1. The summed E-state index contributed by atoms with van der Waals surface area (Å²) in [6.07, 6.45) is 8.44. The summed E-state index contributed by atoms with van der Waals surface area (Å²) in [5.41, 5.74) is 1.23. The van der Waals surface area contributed by atoms with Gasteiger partial charge < -0.3 is 16.0 Å². The SMILES string of the molecule is CC(NC(=O)CC[C@@H]1NC(=O)c2ccccc2NC1=O)C12CC3CC(CC(C3)C1)C2. The molecule has 1 aliphatic heterocycles. The smallest absolute Gasteiger partial charge is 0.254 e. The van der Waals surface area contributed by atoms with Gasteiger partial charge in [0.15, 0.2) is 0 Å². The van der Waals surface area contributed by atoms with E-state index in [4.69, 9.17) is 0 Å². The quantitative estimate of drug-likeness (QED) is 0.698. The lowest BCUT2D eigenvalue weighted by molar-refractivity contribution is -0.126. The zero-order valence-electron chi connectivity index (χ0n) is 17.6. The van der Waals surface area contributed by atoms with Crippen molar-refractivity contribution in [3.05, 3.63) is 29.8 Å². The Hall–Kier alpha value is -2.37. The highest BCUT2D eigenvalue weighted by molar-refractivity contribution is 6.09. The standard InChI is InChI=1S/C24H31N3O3/c1-14(24-11-15-8-16(12-24)10-17(9-15)13-24)25-21(28)7-6-20-23(30)26-19-5-3-2-4-18(19)22(29)27-20/h2-5,14-17,20H,6-13H2,1H3,(H,25,28)(H,26,30)(H,27,29)/t14?,15?,16?,17?,20-,24?/m0/s1. The molecule has 0 radical (unpaired) electrons. The number of para-hydroxylation sites is 1. The summed E-state index contributed by atoms with van der Waals surface area (Å²) in [4.78, 5) is 37.7. The van der Waals surface area contributed by atoms with Crippen molar-refractivity contribution in [2.45, 2.75) is 70.4 Å².